The van der Waals surface area contributed by atoms with Crippen molar-refractivity contribution in [2.24, 2.45) is 28.6 Å². The van der Waals surface area contributed by atoms with Crippen molar-refractivity contribution in [2.75, 3.05) is 14.1 Å². The number of allylic oxidation sites excluding steroid dienone is 4. The van der Waals surface area contributed by atoms with Gasteiger partial charge in [0, 0.05) is 32.9 Å². The van der Waals surface area contributed by atoms with Crippen molar-refractivity contribution >= 4 is 17.7 Å². The van der Waals surface area contributed by atoms with E-state index in [1.54, 1.807) is 19.0 Å². The molecule has 4 aliphatic rings. The molecule has 0 radical (unpaired) electrons. The Hall–Kier alpha value is -1.91. The first-order valence-electron chi connectivity index (χ1n) is 11.8. The number of fused-ring (bicyclic) bond motifs is 5. The number of esters is 1. The van der Waals surface area contributed by atoms with Gasteiger partial charge >= 0.3 is 5.97 Å². The highest BCUT2D eigenvalue weighted by Gasteiger charge is 2.66. The molecule has 5 heteroatoms. The van der Waals surface area contributed by atoms with Crippen molar-refractivity contribution in [2.45, 2.75) is 78.2 Å². The summed E-state index contributed by atoms with van der Waals surface area (Å²) in [6.07, 6.45) is 9.77. The van der Waals surface area contributed by atoms with E-state index in [-0.39, 0.29) is 34.9 Å². The van der Waals surface area contributed by atoms with Gasteiger partial charge in [-0.3, -0.25) is 14.4 Å². The Kier molecular flexibility index (Phi) is 5.26. The van der Waals surface area contributed by atoms with Crippen LogP contribution < -0.4 is 0 Å². The molecular weight excluding hydrogens is 390 g/mol. The summed E-state index contributed by atoms with van der Waals surface area (Å²) in [5, 5.41) is 0. The second-order valence-electron chi connectivity index (χ2n) is 11.1. The summed E-state index contributed by atoms with van der Waals surface area (Å²) in [4.78, 5) is 38.7. The highest BCUT2D eigenvalue weighted by atomic mass is 16.6. The molecule has 2 fully saturated rings. The van der Waals surface area contributed by atoms with Gasteiger partial charge in [0.15, 0.2) is 5.78 Å². The largest absolute Gasteiger partial charge is 0.458 e. The molecular formula is C26H37NO4. The van der Waals surface area contributed by atoms with E-state index in [9.17, 15) is 14.4 Å². The van der Waals surface area contributed by atoms with Gasteiger partial charge in [0.05, 0.1) is 6.42 Å². The van der Waals surface area contributed by atoms with Crippen LogP contribution in [0, 0.1) is 28.6 Å². The maximum absolute atomic E-state index is 12.8. The lowest BCUT2D eigenvalue weighted by Crippen LogP contribution is -2.56. The molecule has 4 rings (SSSR count). The SMILES string of the molecule is CC(=O)O[C@]1(CC(=O)N(C)C)CCC2C3C=C(C)C4=CC(=O)CC[C@]4(C)C3CC[C@@]21C. The molecule has 170 valence electrons. The summed E-state index contributed by atoms with van der Waals surface area (Å²) in [5.41, 5.74) is 1.53. The van der Waals surface area contributed by atoms with Gasteiger partial charge in [-0.15, -0.1) is 0 Å². The second-order valence-corrected chi connectivity index (χ2v) is 11.1. The number of rotatable bonds is 3. The minimum absolute atomic E-state index is 0.0172. The van der Waals surface area contributed by atoms with Crippen molar-refractivity contribution in [3.8, 4) is 0 Å². The van der Waals surface area contributed by atoms with Crippen LogP contribution in [-0.2, 0) is 19.1 Å². The summed E-state index contributed by atoms with van der Waals surface area (Å²) >= 11 is 0. The van der Waals surface area contributed by atoms with E-state index >= 15 is 0 Å². The van der Waals surface area contributed by atoms with Crippen molar-refractivity contribution in [1.82, 2.24) is 4.90 Å². The van der Waals surface area contributed by atoms with Crippen LogP contribution in [0.3, 0.4) is 0 Å². The second kappa shape index (κ2) is 7.31. The van der Waals surface area contributed by atoms with Crippen molar-refractivity contribution in [3.63, 3.8) is 0 Å². The molecule has 6 atom stereocenters. The van der Waals surface area contributed by atoms with Crippen LogP contribution in [0.15, 0.2) is 23.3 Å². The number of amides is 1. The standard InChI is InChI=1S/C26H37NO4/c1-16-13-19-20(24(3)10-7-18(29)14-22(16)24)8-11-25(4)21(19)9-12-26(25,31-17(2)28)15-23(30)27(5)6/h13-14,19-21H,7-12,15H2,1-6H3/t19?,20?,21?,24-,25+,26+/m1/s1. The number of carbonyl (C=O) groups is 3. The molecule has 5 nitrogen and oxygen atoms in total. The summed E-state index contributed by atoms with van der Waals surface area (Å²) in [6.45, 7) is 8.22. The van der Waals surface area contributed by atoms with Crippen LogP contribution in [0.4, 0.5) is 0 Å². The van der Waals surface area contributed by atoms with Crippen LogP contribution in [0.2, 0.25) is 0 Å². The Morgan fingerprint density at radius 1 is 1.13 bits per heavy atom. The summed E-state index contributed by atoms with van der Waals surface area (Å²) < 4.78 is 6.08. The van der Waals surface area contributed by atoms with Gasteiger partial charge in [-0.25, -0.2) is 0 Å². The third kappa shape index (κ3) is 3.22. The first kappa shape index (κ1) is 22.3. The molecule has 2 saturated carbocycles. The van der Waals surface area contributed by atoms with Crippen molar-refractivity contribution < 1.29 is 19.1 Å². The zero-order valence-electron chi connectivity index (χ0n) is 19.9. The normalized spacial score (nSPS) is 41.4. The average Bonchev–Trinajstić information content (AvgIpc) is 2.95. The molecule has 31 heavy (non-hydrogen) atoms. The number of ether oxygens (including phenoxy) is 1. The van der Waals surface area contributed by atoms with Gasteiger partial charge in [0.2, 0.25) is 5.91 Å². The molecule has 0 heterocycles. The van der Waals surface area contributed by atoms with Crippen molar-refractivity contribution in [3.05, 3.63) is 23.3 Å². The number of nitrogens with zero attached hydrogens (tertiary/aromatic N) is 1. The van der Waals surface area contributed by atoms with E-state index in [1.807, 2.05) is 6.08 Å². The lowest BCUT2D eigenvalue weighted by atomic mass is 9.47. The van der Waals surface area contributed by atoms with Gasteiger partial charge in [0.1, 0.15) is 5.60 Å². The monoisotopic (exact) mass is 427 g/mol. The minimum atomic E-state index is -0.739. The highest BCUT2D eigenvalue weighted by molar-refractivity contribution is 5.92. The molecule has 3 unspecified atom stereocenters. The Morgan fingerprint density at radius 2 is 1.81 bits per heavy atom. The van der Waals surface area contributed by atoms with Crippen LogP contribution >= 0.6 is 0 Å². The topological polar surface area (TPSA) is 63.7 Å². The van der Waals surface area contributed by atoms with Gasteiger partial charge in [-0.05, 0) is 73.8 Å². The third-order valence-corrected chi connectivity index (χ3v) is 9.39. The molecule has 0 saturated heterocycles. The Labute approximate surface area is 186 Å². The molecule has 1 amide bonds. The van der Waals surface area contributed by atoms with E-state index < -0.39 is 5.60 Å². The molecule has 0 spiro atoms. The van der Waals surface area contributed by atoms with E-state index in [1.165, 1.54) is 18.1 Å². The van der Waals surface area contributed by atoms with E-state index in [4.69, 9.17) is 4.74 Å². The zero-order valence-corrected chi connectivity index (χ0v) is 19.9. The Bertz CT molecular complexity index is 886. The zero-order chi connectivity index (χ0) is 22.8. The fourth-order valence-corrected chi connectivity index (χ4v) is 7.68. The van der Waals surface area contributed by atoms with Crippen LogP contribution in [0.5, 0.6) is 0 Å². The maximum Gasteiger partial charge on any atom is 0.303 e. The van der Waals surface area contributed by atoms with Crippen LogP contribution in [-0.4, -0.2) is 42.3 Å². The summed E-state index contributed by atoms with van der Waals surface area (Å²) in [6, 6.07) is 0. The number of hydrogen-bond acceptors (Lipinski definition) is 4. The fourth-order valence-electron chi connectivity index (χ4n) is 7.68. The van der Waals surface area contributed by atoms with E-state index in [2.05, 4.69) is 26.8 Å². The molecule has 0 aromatic rings. The average molecular weight is 428 g/mol. The Morgan fingerprint density at radius 3 is 2.45 bits per heavy atom. The van der Waals surface area contributed by atoms with Gasteiger partial charge in [0.25, 0.3) is 0 Å². The first-order valence-corrected chi connectivity index (χ1v) is 11.8. The molecule has 0 aliphatic heterocycles. The van der Waals surface area contributed by atoms with Gasteiger partial charge in [-0.2, -0.15) is 0 Å². The highest BCUT2D eigenvalue weighted by Crippen LogP contribution is 2.68. The quantitative estimate of drug-likeness (QED) is 0.624. The lowest BCUT2D eigenvalue weighted by Gasteiger charge is -2.58. The van der Waals surface area contributed by atoms with Crippen LogP contribution in [0.1, 0.15) is 72.6 Å². The maximum atomic E-state index is 12.8. The molecule has 0 aromatic heterocycles. The van der Waals surface area contributed by atoms with Gasteiger partial charge in [-0.1, -0.05) is 25.5 Å². The first-order chi connectivity index (χ1) is 14.4. The van der Waals surface area contributed by atoms with Crippen LogP contribution in [0.25, 0.3) is 0 Å². The molecule has 0 N–H and O–H groups in total. The van der Waals surface area contributed by atoms with Crippen molar-refractivity contribution in [1.29, 1.82) is 0 Å². The number of carbonyl (C=O) groups excluding carboxylic acids is 3. The fraction of sp³-hybridized carbons (Fsp3) is 0.731. The smallest absolute Gasteiger partial charge is 0.303 e. The third-order valence-electron chi connectivity index (χ3n) is 9.39. The minimum Gasteiger partial charge on any atom is -0.458 e. The lowest BCUT2D eigenvalue weighted by molar-refractivity contribution is -0.183. The number of ketones is 1. The number of hydrogen-bond donors (Lipinski definition) is 0. The van der Waals surface area contributed by atoms with Gasteiger partial charge < -0.3 is 9.64 Å². The summed E-state index contributed by atoms with van der Waals surface area (Å²) in [7, 11) is 3.53. The predicted molar refractivity (Wildman–Crippen MR) is 119 cm³/mol. The predicted octanol–water partition coefficient (Wildman–Crippen LogP) is 4.46. The Balaban J connectivity index is 1.75. The molecule has 0 bridgehead atoms. The van der Waals surface area contributed by atoms with E-state index in [0.717, 1.165) is 32.1 Å². The van der Waals surface area contributed by atoms with E-state index in [0.29, 0.717) is 24.2 Å². The molecule has 4 aliphatic carbocycles. The molecule has 0 aromatic carbocycles. The summed E-state index contributed by atoms with van der Waals surface area (Å²) in [5.74, 6) is 1.22.